The number of likely N-dealkylation sites (tertiary alicyclic amines) is 2. The van der Waals surface area contributed by atoms with Crippen molar-refractivity contribution in [2.24, 2.45) is 5.92 Å². The molecule has 0 unspecified atom stereocenters. The molecule has 0 aliphatic carbocycles. The Hall–Kier alpha value is -4.97. The normalized spacial score (nSPS) is 18.6. The van der Waals surface area contributed by atoms with Crippen molar-refractivity contribution in [1.29, 1.82) is 0 Å². The van der Waals surface area contributed by atoms with E-state index in [-0.39, 0.29) is 35.9 Å². The molecular formula is C41H54N8O4. The Bertz CT molecular complexity index is 1860. The monoisotopic (exact) mass is 722 g/mol. The number of carbonyl (C=O) groups excluding carboxylic acids is 2. The van der Waals surface area contributed by atoms with Crippen LogP contribution in [0.3, 0.4) is 0 Å². The van der Waals surface area contributed by atoms with Crippen LogP contribution in [-0.2, 0) is 9.59 Å². The molecule has 0 spiro atoms. The van der Waals surface area contributed by atoms with Crippen molar-refractivity contribution in [3.8, 4) is 33.6 Å². The molecule has 4 atom stereocenters. The maximum Gasteiger partial charge on any atom is 0.407 e. The summed E-state index contributed by atoms with van der Waals surface area (Å²) < 4.78 is 0. The lowest BCUT2D eigenvalue weighted by molar-refractivity contribution is -0.139. The van der Waals surface area contributed by atoms with Crippen molar-refractivity contribution in [3.05, 3.63) is 72.6 Å². The summed E-state index contributed by atoms with van der Waals surface area (Å²) >= 11 is 0. The van der Waals surface area contributed by atoms with Gasteiger partial charge in [0.25, 0.3) is 0 Å². The Balaban J connectivity index is 1.11. The SMILES string of the molecule is CC[C@@H](C(=O)N1CCC[C@H]1c1ncc(-c2ccc(-c3ccc(-c4cnc([C@@H]5CCCN5C(=O)[C@H](C(C)C)N(C)C(=O)O)[nH]4)cc3)cc2)[nH]1)N(CC)CC. The zero-order chi connectivity index (χ0) is 37.8. The number of rotatable bonds is 13. The Morgan fingerprint density at radius 3 is 1.58 bits per heavy atom. The fourth-order valence-electron chi connectivity index (χ4n) is 8.25. The van der Waals surface area contributed by atoms with E-state index in [0.717, 1.165) is 96.1 Å². The van der Waals surface area contributed by atoms with Crippen LogP contribution in [0.1, 0.15) is 90.5 Å². The fraction of sp³-hybridized carbons (Fsp3) is 0.488. The zero-order valence-electron chi connectivity index (χ0n) is 31.9. The lowest BCUT2D eigenvalue weighted by atomic mass is 10.0. The average molecular weight is 723 g/mol. The molecule has 0 radical (unpaired) electrons. The van der Waals surface area contributed by atoms with Gasteiger partial charge in [-0.3, -0.25) is 19.4 Å². The third kappa shape index (κ3) is 7.74. The van der Waals surface area contributed by atoms with Gasteiger partial charge in [0.15, 0.2) is 0 Å². The second kappa shape index (κ2) is 16.4. The number of carboxylic acid groups (broad SMARTS) is 1. The van der Waals surface area contributed by atoms with E-state index in [4.69, 9.17) is 4.98 Å². The third-order valence-electron chi connectivity index (χ3n) is 11.1. The summed E-state index contributed by atoms with van der Waals surface area (Å²) in [6, 6.07) is 15.6. The third-order valence-corrected chi connectivity index (χ3v) is 11.1. The highest BCUT2D eigenvalue weighted by Crippen LogP contribution is 2.35. The molecule has 2 aliphatic heterocycles. The van der Waals surface area contributed by atoms with Gasteiger partial charge in [-0.05, 0) is 73.4 Å². The molecule has 6 rings (SSSR count). The van der Waals surface area contributed by atoms with Crippen LogP contribution in [0, 0.1) is 5.92 Å². The predicted molar refractivity (Wildman–Crippen MR) is 206 cm³/mol. The second-order valence-corrected chi connectivity index (χ2v) is 14.6. The standard InChI is InChI=1S/C41H54N8O4/c1-7-33(47(8-2)9-3)39(50)48-22-10-12-34(48)37-42-24-31(44-37)29-18-14-27(15-19-29)28-16-20-30(21-17-28)32-25-43-38(45-32)35-13-11-23-49(35)40(51)36(26(4)5)46(6)41(52)53/h14-21,24-26,33-36H,7-13,22-23H2,1-6H3,(H,42,44)(H,43,45)(H,52,53)/t33-,34-,35-,36-/m0/s1. The summed E-state index contributed by atoms with van der Waals surface area (Å²) in [6.07, 6.45) is 6.84. The number of nitrogens with zero attached hydrogens (tertiary/aromatic N) is 6. The summed E-state index contributed by atoms with van der Waals surface area (Å²) in [5.74, 6) is 1.42. The van der Waals surface area contributed by atoms with Crippen LogP contribution < -0.4 is 0 Å². The minimum Gasteiger partial charge on any atom is -0.465 e. The van der Waals surface area contributed by atoms with E-state index in [1.807, 2.05) is 24.9 Å². The Labute approximate surface area is 312 Å². The molecule has 2 fully saturated rings. The number of H-pyrrole nitrogens is 2. The van der Waals surface area contributed by atoms with Crippen molar-refractivity contribution in [3.63, 3.8) is 0 Å². The Morgan fingerprint density at radius 2 is 1.19 bits per heavy atom. The fourth-order valence-corrected chi connectivity index (χ4v) is 8.25. The van der Waals surface area contributed by atoms with Crippen LogP contribution in [0.5, 0.6) is 0 Å². The molecule has 4 aromatic rings. The number of hydrogen-bond acceptors (Lipinski definition) is 6. The van der Waals surface area contributed by atoms with E-state index < -0.39 is 12.1 Å². The van der Waals surface area contributed by atoms with Gasteiger partial charge in [0, 0.05) is 20.1 Å². The molecule has 2 aromatic carbocycles. The predicted octanol–water partition coefficient (Wildman–Crippen LogP) is 7.22. The van der Waals surface area contributed by atoms with Crippen LogP contribution >= 0.6 is 0 Å². The molecule has 3 N–H and O–H groups in total. The lowest BCUT2D eigenvalue weighted by Gasteiger charge is -2.33. The van der Waals surface area contributed by atoms with Gasteiger partial charge in [-0.25, -0.2) is 14.8 Å². The van der Waals surface area contributed by atoms with E-state index in [2.05, 4.69) is 89.2 Å². The van der Waals surface area contributed by atoms with Crippen molar-refractivity contribution < 1.29 is 19.5 Å². The summed E-state index contributed by atoms with van der Waals surface area (Å²) in [7, 11) is 1.46. The molecule has 12 heteroatoms. The van der Waals surface area contributed by atoms with E-state index in [1.165, 1.54) is 7.05 Å². The summed E-state index contributed by atoms with van der Waals surface area (Å²) in [5.41, 5.74) is 5.99. The highest BCUT2D eigenvalue weighted by atomic mass is 16.4. The van der Waals surface area contributed by atoms with Crippen LogP contribution in [0.2, 0.25) is 0 Å². The van der Waals surface area contributed by atoms with Gasteiger partial charge in [0.1, 0.15) is 17.7 Å². The van der Waals surface area contributed by atoms with E-state index in [9.17, 15) is 19.5 Å². The largest absolute Gasteiger partial charge is 0.465 e. The average Bonchev–Trinajstić information content (AvgIpc) is 4.00. The smallest absolute Gasteiger partial charge is 0.407 e. The number of imidazole rings is 2. The van der Waals surface area contributed by atoms with Gasteiger partial charge in [-0.15, -0.1) is 0 Å². The molecule has 2 aliphatic rings. The molecule has 4 heterocycles. The number of likely N-dealkylation sites (N-methyl/N-ethyl adjacent to an activating group) is 2. The molecule has 282 valence electrons. The van der Waals surface area contributed by atoms with Crippen molar-refractivity contribution in [1.82, 2.24) is 39.5 Å². The number of carbonyl (C=O) groups is 3. The molecule has 0 saturated carbocycles. The number of hydrogen-bond donors (Lipinski definition) is 3. The van der Waals surface area contributed by atoms with E-state index in [1.54, 1.807) is 11.1 Å². The Morgan fingerprint density at radius 1 is 0.755 bits per heavy atom. The first-order chi connectivity index (χ1) is 25.6. The number of benzene rings is 2. The van der Waals surface area contributed by atoms with Crippen molar-refractivity contribution in [2.75, 3.05) is 33.2 Å². The number of aromatic nitrogens is 4. The first kappa shape index (κ1) is 37.8. The summed E-state index contributed by atoms with van der Waals surface area (Å²) in [4.78, 5) is 62.5. The maximum absolute atomic E-state index is 13.6. The zero-order valence-corrected chi connectivity index (χ0v) is 31.9. The molecule has 12 nitrogen and oxygen atoms in total. The number of amides is 3. The summed E-state index contributed by atoms with van der Waals surface area (Å²) in [5, 5.41) is 9.58. The van der Waals surface area contributed by atoms with E-state index in [0.29, 0.717) is 12.4 Å². The van der Waals surface area contributed by atoms with Gasteiger partial charge in [0.2, 0.25) is 11.8 Å². The van der Waals surface area contributed by atoms with Crippen LogP contribution in [0.15, 0.2) is 60.9 Å². The number of nitrogens with one attached hydrogen (secondary N) is 2. The van der Waals surface area contributed by atoms with Crippen LogP contribution in [0.4, 0.5) is 4.79 Å². The van der Waals surface area contributed by atoms with Gasteiger partial charge >= 0.3 is 6.09 Å². The van der Waals surface area contributed by atoms with Crippen LogP contribution in [-0.4, -0.2) is 108 Å². The highest BCUT2D eigenvalue weighted by Gasteiger charge is 2.40. The van der Waals surface area contributed by atoms with Gasteiger partial charge in [-0.2, -0.15) is 0 Å². The first-order valence-electron chi connectivity index (χ1n) is 19.2. The van der Waals surface area contributed by atoms with E-state index >= 15 is 0 Å². The van der Waals surface area contributed by atoms with Gasteiger partial charge < -0.3 is 24.9 Å². The van der Waals surface area contributed by atoms with Crippen molar-refractivity contribution in [2.45, 2.75) is 90.9 Å². The molecular weight excluding hydrogens is 669 g/mol. The van der Waals surface area contributed by atoms with Gasteiger partial charge in [-0.1, -0.05) is 83.1 Å². The molecule has 2 aromatic heterocycles. The minimum absolute atomic E-state index is 0.0349. The molecule has 53 heavy (non-hydrogen) atoms. The second-order valence-electron chi connectivity index (χ2n) is 14.6. The van der Waals surface area contributed by atoms with Crippen LogP contribution in [0.25, 0.3) is 33.6 Å². The van der Waals surface area contributed by atoms with Crippen molar-refractivity contribution >= 4 is 17.9 Å². The Kier molecular flexibility index (Phi) is 11.7. The molecule has 2 saturated heterocycles. The minimum atomic E-state index is -1.11. The first-order valence-corrected chi connectivity index (χ1v) is 19.2. The van der Waals surface area contributed by atoms with Gasteiger partial charge in [0.05, 0.1) is 41.9 Å². The lowest BCUT2D eigenvalue weighted by Crippen LogP contribution is -2.51. The number of aromatic amines is 2. The topological polar surface area (TPSA) is 142 Å². The highest BCUT2D eigenvalue weighted by molar-refractivity contribution is 5.86. The maximum atomic E-state index is 13.6. The summed E-state index contributed by atoms with van der Waals surface area (Å²) in [6.45, 7) is 13.1. The molecule has 0 bridgehead atoms. The molecule has 3 amide bonds. The quantitative estimate of drug-likeness (QED) is 0.132.